The van der Waals surface area contributed by atoms with Gasteiger partial charge in [-0.25, -0.2) is 0 Å². The molecular weight excluding hydrogens is 438 g/mol. The summed E-state index contributed by atoms with van der Waals surface area (Å²) in [5.74, 6) is 0.548. The fraction of sp³-hybridized carbons (Fsp3) is 0. The van der Waals surface area contributed by atoms with Crippen LogP contribution < -0.4 is 0 Å². The first-order chi connectivity index (χ1) is 16.1. The maximum atomic E-state index is 11.8. The van der Waals surface area contributed by atoms with Crippen molar-refractivity contribution in [3.8, 4) is 29.2 Å². The van der Waals surface area contributed by atoms with E-state index < -0.39 is 4.92 Å². The molecule has 10 heteroatoms. The first-order valence-corrected chi connectivity index (χ1v) is 10.3. The Morgan fingerprint density at radius 2 is 1.85 bits per heavy atom. The van der Waals surface area contributed by atoms with E-state index in [2.05, 4.69) is 15.2 Å². The lowest BCUT2D eigenvalue weighted by Crippen LogP contribution is -2.00. The van der Waals surface area contributed by atoms with Crippen LogP contribution >= 0.6 is 11.8 Å². The number of rotatable bonds is 6. The van der Waals surface area contributed by atoms with Gasteiger partial charge in [-0.15, -0.1) is 10.2 Å². The summed E-state index contributed by atoms with van der Waals surface area (Å²) in [7, 11) is 0. The molecule has 158 valence electrons. The van der Waals surface area contributed by atoms with Crippen molar-refractivity contribution >= 4 is 23.5 Å². The molecule has 2 aromatic heterocycles. The highest BCUT2D eigenvalue weighted by Crippen LogP contribution is 2.37. The maximum absolute atomic E-state index is 11.8. The summed E-state index contributed by atoms with van der Waals surface area (Å²) in [5, 5.41) is 38.7. The van der Waals surface area contributed by atoms with Crippen LogP contribution in [0.3, 0.4) is 0 Å². The smallest absolute Gasteiger partial charge is 0.270 e. The van der Waals surface area contributed by atoms with Crippen LogP contribution in [0.2, 0.25) is 0 Å². The summed E-state index contributed by atoms with van der Waals surface area (Å²) in [4.78, 5) is 15.7. The Bertz CT molecular complexity index is 1420. The molecule has 33 heavy (non-hydrogen) atoms. The summed E-state index contributed by atoms with van der Waals surface area (Å²) in [6, 6.07) is 21.1. The minimum Gasteiger partial charge on any atom is -0.270 e. The van der Waals surface area contributed by atoms with E-state index in [0.29, 0.717) is 21.4 Å². The van der Waals surface area contributed by atoms with Gasteiger partial charge in [-0.3, -0.25) is 19.7 Å². The standard InChI is InChI=1S/C23H13N7O2S/c24-13-17(14-25)11-16-8-9-21(20(12-16)30(31)32)33-23-28-27-22(18-5-4-10-26-15-18)29(23)19-6-2-1-3-7-19/h1-12,15H. The van der Waals surface area contributed by atoms with Crippen LogP contribution in [0.4, 0.5) is 5.69 Å². The monoisotopic (exact) mass is 451 g/mol. The molecule has 0 saturated heterocycles. The Morgan fingerprint density at radius 3 is 2.52 bits per heavy atom. The molecule has 4 aromatic rings. The SMILES string of the molecule is N#CC(C#N)=Cc1ccc(Sc2nnc(-c3cccnc3)n2-c2ccccc2)c([N+](=O)[O-])c1. The highest BCUT2D eigenvalue weighted by molar-refractivity contribution is 7.99. The predicted octanol–water partition coefficient (Wildman–Crippen LogP) is 4.82. The van der Waals surface area contributed by atoms with Gasteiger partial charge in [0.2, 0.25) is 5.16 Å². The molecule has 9 nitrogen and oxygen atoms in total. The lowest BCUT2D eigenvalue weighted by Gasteiger charge is -2.10. The predicted molar refractivity (Wildman–Crippen MR) is 121 cm³/mol. The number of para-hydroxylation sites is 1. The fourth-order valence-electron chi connectivity index (χ4n) is 3.04. The molecule has 0 spiro atoms. The number of pyridine rings is 1. The van der Waals surface area contributed by atoms with Gasteiger partial charge in [-0.1, -0.05) is 24.3 Å². The molecule has 2 heterocycles. The molecular formula is C23H13N7O2S. The summed E-state index contributed by atoms with van der Waals surface area (Å²) in [5.41, 5.74) is 1.60. The van der Waals surface area contributed by atoms with Crippen LogP contribution in [0, 0.1) is 32.8 Å². The Balaban J connectivity index is 1.81. The van der Waals surface area contributed by atoms with Gasteiger partial charge in [0.15, 0.2) is 5.82 Å². The molecule has 0 aliphatic carbocycles. The molecule has 0 radical (unpaired) electrons. The summed E-state index contributed by atoms with van der Waals surface area (Å²) < 4.78 is 1.81. The van der Waals surface area contributed by atoms with E-state index in [9.17, 15) is 10.1 Å². The first kappa shape index (κ1) is 21.4. The molecule has 0 unspecified atom stereocenters. The first-order valence-electron chi connectivity index (χ1n) is 9.50. The van der Waals surface area contributed by atoms with Gasteiger partial charge in [0.05, 0.1) is 9.82 Å². The van der Waals surface area contributed by atoms with Crippen LogP contribution in [-0.4, -0.2) is 24.7 Å². The van der Waals surface area contributed by atoms with Crippen molar-refractivity contribution in [1.29, 1.82) is 10.5 Å². The number of nitrogens with zero attached hydrogens (tertiary/aromatic N) is 7. The number of aromatic nitrogens is 4. The van der Waals surface area contributed by atoms with Crippen molar-refractivity contribution in [3.05, 3.63) is 94.3 Å². The van der Waals surface area contributed by atoms with Crippen molar-refractivity contribution < 1.29 is 4.92 Å². The second kappa shape index (κ2) is 9.56. The van der Waals surface area contributed by atoms with Crippen LogP contribution in [0.1, 0.15) is 5.56 Å². The Morgan fingerprint density at radius 1 is 1.06 bits per heavy atom. The number of hydrogen-bond donors (Lipinski definition) is 0. The van der Waals surface area contributed by atoms with Crippen LogP contribution in [0.15, 0.2) is 88.7 Å². The molecule has 0 amide bonds. The van der Waals surface area contributed by atoms with Crippen molar-refractivity contribution in [1.82, 2.24) is 19.7 Å². The van der Waals surface area contributed by atoms with Gasteiger partial charge >= 0.3 is 0 Å². The van der Waals surface area contributed by atoms with Gasteiger partial charge in [-0.2, -0.15) is 10.5 Å². The van der Waals surface area contributed by atoms with E-state index in [1.54, 1.807) is 42.7 Å². The third-order valence-corrected chi connectivity index (χ3v) is 5.51. The average Bonchev–Trinajstić information content (AvgIpc) is 3.27. The molecule has 0 aliphatic rings. The summed E-state index contributed by atoms with van der Waals surface area (Å²) >= 11 is 1.10. The zero-order chi connectivity index (χ0) is 23.2. The third kappa shape index (κ3) is 4.61. The quantitative estimate of drug-likeness (QED) is 0.231. The normalized spacial score (nSPS) is 10.1. The van der Waals surface area contributed by atoms with E-state index in [0.717, 1.165) is 23.0 Å². The third-order valence-electron chi connectivity index (χ3n) is 4.50. The highest BCUT2D eigenvalue weighted by atomic mass is 32.2. The fourth-order valence-corrected chi connectivity index (χ4v) is 3.97. The van der Waals surface area contributed by atoms with Crippen LogP contribution in [0.25, 0.3) is 23.2 Å². The molecule has 0 bridgehead atoms. The zero-order valence-corrected chi connectivity index (χ0v) is 17.7. The molecule has 2 aromatic carbocycles. The molecule has 0 N–H and O–H groups in total. The minimum absolute atomic E-state index is 0.144. The topological polar surface area (TPSA) is 134 Å². The number of hydrogen-bond acceptors (Lipinski definition) is 8. The van der Waals surface area contributed by atoms with Crippen molar-refractivity contribution in [2.24, 2.45) is 0 Å². The number of nitro benzene ring substituents is 1. The Labute approximate surface area is 192 Å². The highest BCUT2D eigenvalue weighted by Gasteiger charge is 2.21. The number of benzene rings is 2. The lowest BCUT2D eigenvalue weighted by molar-refractivity contribution is -0.387. The second-order valence-electron chi connectivity index (χ2n) is 6.59. The minimum atomic E-state index is -0.511. The van der Waals surface area contributed by atoms with Gasteiger partial charge in [0.25, 0.3) is 5.69 Å². The number of allylic oxidation sites excluding steroid dienone is 1. The van der Waals surface area contributed by atoms with E-state index in [1.807, 2.05) is 41.0 Å². The summed E-state index contributed by atoms with van der Waals surface area (Å²) in [6.45, 7) is 0. The molecule has 0 atom stereocenters. The van der Waals surface area contributed by atoms with Crippen LogP contribution in [-0.2, 0) is 0 Å². The van der Waals surface area contributed by atoms with E-state index >= 15 is 0 Å². The maximum Gasteiger partial charge on any atom is 0.283 e. The van der Waals surface area contributed by atoms with Gasteiger partial charge in [0.1, 0.15) is 17.7 Å². The second-order valence-corrected chi connectivity index (χ2v) is 7.60. The molecule has 0 saturated carbocycles. The zero-order valence-electron chi connectivity index (χ0n) is 16.9. The van der Waals surface area contributed by atoms with Crippen molar-refractivity contribution in [2.45, 2.75) is 10.1 Å². The lowest BCUT2D eigenvalue weighted by atomic mass is 10.1. The molecule has 4 rings (SSSR count). The van der Waals surface area contributed by atoms with Crippen LogP contribution in [0.5, 0.6) is 0 Å². The number of nitriles is 2. The largest absolute Gasteiger partial charge is 0.283 e. The van der Waals surface area contributed by atoms with E-state index in [1.165, 1.54) is 12.1 Å². The van der Waals surface area contributed by atoms with Gasteiger partial charge < -0.3 is 0 Å². The van der Waals surface area contributed by atoms with Crippen molar-refractivity contribution in [2.75, 3.05) is 0 Å². The Kier molecular flexibility index (Phi) is 6.21. The van der Waals surface area contributed by atoms with Gasteiger partial charge in [-0.05, 0) is 53.7 Å². The van der Waals surface area contributed by atoms with E-state index in [4.69, 9.17) is 10.5 Å². The average molecular weight is 451 g/mol. The molecule has 0 fully saturated rings. The summed E-state index contributed by atoms with van der Waals surface area (Å²) in [6.07, 6.45) is 4.63. The molecule has 0 aliphatic heterocycles. The Hall–Kier alpha value is -4.80. The number of nitro groups is 1. The van der Waals surface area contributed by atoms with E-state index in [-0.39, 0.29) is 11.3 Å². The van der Waals surface area contributed by atoms with Gasteiger partial charge in [0, 0.05) is 29.7 Å². The van der Waals surface area contributed by atoms with Crippen molar-refractivity contribution in [3.63, 3.8) is 0 Å².